The fourth-order valence-electron chi connectivity index (χ4n) is 7.72. The number of aliphatic hydroxyl groups is 1. The Morgan fingerprint density at radius 1 is 1.10 bits per heavy atom. The van der Waals surface area contributed by atoms with Gasteiger partial charge in [0.1, 0.15) is 18.1 Å². The molecule has 0 spiro atoms. The van der Waals surface area contributed by atoms with Gasteiger partial charge < -0.3 is 54.5 Å². The number of fused-ring (bicyclic) bond motifs is 1. The van der Waals surface area contributed by atoms with Crippen LogP contribution in [0.25, 0.3) is 0 Å². The maximum Gasteiger partial charge on any atom is 0.408 e. The van der Waals surface area contributed by atoms with Crippen molar-refractivity contribution in [3.63, 3.8) is 0 Å². The van der Waals surface area contributed by atoms with Crippen molar-refractivity contribution >= 4 is 23.8 Å². The molecule has 15 nitrogen and oxygen atoms in total. The summed E-state index contributed by atoms with van der Waals surface area (Å²) in [6.45, 7) is 13.5. The molecule has 3 aliphatic heterocycles. The van der Waals surface area contributed by atoms with E-state index in [2.05, 4.69) is 16.0 Å². The molecule has 3 heterocycles. The summed E-state index contributed by atoms with van der Waals surface area (Å²) in [4.78, 5) is 56.5. The molecule has 3 rings (SSSR count). The summed E-state index contributed by atoms with van der Waals surface area (Å²) in [5.74, 6) is -3.45. The van der Waals surface area contributed by atoms with Crippen LogP contribution in [0.5, 0.6) is 0 Å². The van der Waals surface area contributed by atoms with E-state index in [4.69, 9.17) is 23.7 Å². The molecule has 0 aromatic rings. The van der Waals surface area contributed by atoms with Crippen LogP contribution in [0.15, 0.2) is 0 Å². The first-order chi connectivity index (χ1) is 23.3. The first-order valence-corrected chi connectivity index (χ1v) is 17.9. The summed E-state index contributed by atoms with van der Waals surface area (Å²) < 4.78 is 30.9. The number of aliphatic hydroxyl groups excluding tert-OH is 1. The Hall–Kier alpha value is -2.40. The number of methoxy groups -OCH3 is 1. The van der Waals surface area contributed by atoms with Crippen LogP contribution >= 0.6 is 0 Å². The average molecular weight is 714 g/mol. The number of rotatable bonds is 9. The number of carbonyl (C=O) groups excluding carboxylic acids is 4. The van der Waals surface area contributed by atoms with Gasteiger partial charge in [-0.2, -0.15) is 0 Å². The van der Waals surface area contributed by atoms with Crippen molar-refractivity contribution in [2.24, 2.45) is 17.8 Å². The zero-order valence-corrected chi connectivity index (χ0v) is 32.1. The molecule has 4 N–H and O–H groups in total. The quantitative estimate of drug-likeness (QED) is 0.196. The van der Waals surface area contributed by atoms with Crippen LogP contribution in [0.4, 0.5) is 4.79 Å². The number of likely N-dealkylation sites (N-methyl/N-ethyl adjacent to an activating group) is 2. The van der Waals surface area contributed by atoms with Gasteiger partial charge in [-0.15, -0.1) is 0 Å². The number of esters is 1. The molecule has 13 atom stereocenters. The average Bonchev–Trinajstić information content (AvgIpc) is 3.36. The summed E-state index contributed by atoms with van der Waals surface area (Å²) in [5, 5.41) is 20.9. The molecule has 2 amide bonds. The number of ketones is 1. The number of ether oxygens (including phenoxy) is 5. The number of amides is 2. The molecule has 288 valence electrons. The maximum atomic E-state index is 14.2. The molecular weight excluding hydrogens is 650 g/mol. The van der Waals surface area contributed by atoms with Crippen molar-refractivity contribution in [2.45, 2.75) is 128 Å². The minimum absolute atomic E-state index is 0.0196. The topological polar surface area (TPSA) is 177 Å². The molecule has 0 aliphatic carbocycles. The van der Waals surface area contributed by atoms with E-state index in [0.717, 1.165) is 0 Å². The molecule has 0 aromatic heterocycles. The molecule has 3 saturated heterocycles. The number of nitrogens with one attached hydrogen (secondary N) is 3. The van der Waals surface area contributed by atoms with Gasteiger partial charge in [0.2, 0.25) is 5.91 Å². The molecule has 3 unspecified atom stereocenters. The Morgan fingerprint density at radius 2 is 1.76 bits per heavy atom. The molecule has 3 aliphatic rings. The summed E-state index contributed by atoms with van der Waals surface area (Å²) in [5.41, 5.74) is -2.27. The van der Waals surface area contributed by atoms with Gasteiger partial charge in [0.05, 0.1) is 30.4 Å². The molecule has 0 bridgehead atoms. The molecule has 3 fully saturated rings. The number of nitrogens with zero attached hydrogens (tertiary/aromatic N) is 2. The zero-order chi connectivity index (χ0) is 37.7. The SMILES string of the molecule is CC[C@H]1OC(=O)C(C)C(=O)[C@H](C)[C@@H](O[C@@H]2O[C@H](CNC(=O)CN(C)C)CC(N(C)C)C2O)[C@](C)(OC)C[C@@H](C)CN[C@H](C)[C@H]2NC(=O)O[C@@]21C. The number of cyclic esters (lactones) is 1. The standard InChI is InChI=1S/C35H63N5O10/c1-13-25-35(7)29(38-33(45)50-35)22(5)36-16-19(2)15-34(6,46-12)30(20(3)27(42)21(4)31(44)48-25)49-32-28(43)24(40(10)11)14-23(47-32)17-37-26(41)18-39(8)9/h19-25,28-30,32,36,43H,13-18H2,1-12H3,(H,37,41)(H,38,45)/t19-,20+,21?,22-,23+,24?,25-,28?,29-,30-,32+,34-,35-/m1/s1. The van der Waals surface area contributed by atoms with Crippen LogP contribution in [-0.4, -0.2) is 154 Å². The lowest BCUT2D eigenvalue weighted by Gasteiger charge is -2.47. The lowest BCUT2D eigenvalue weighted by atomic mass is 9.78. The molecule has 15 heteroatoms. The molecular formula is C35H63N5O10. The van der Waals surface area contributed by atoms with Gasteiger partial charge in [-0.05, 0) is 87.6 Å². The second-order valence-corrected chi connectivity index (χ2v) is 15.4. The van der Waals surface area contributed by atoms with E-state index >= 15 is 0 Å². The summed E-state index contributed by atoms with van der Waals surface area (Å²) >= 11 is 0. The zero-order valence-electron chi connectivity index (χ0n) is 32.1. The van der Waals surface area contributed by atoms with Gasteiger partial charge in [0.15, 0.2) is 17.7 Å². The third-order valence-corrected chi connectivity index (χ3v) is 10.7. The predicted octanol–water partition coefficient (Wildman–Crippen LogP) is 0.909. The van der Waals surface area contributed by atoms with Crippen LogP contribution in [0.1, 0.15) is 67.7 Å². The third kappa shape index (κ3) is 9.72. The minimum atomic E-state index is -1.19. The fraction of sp³-hybridized carbons (Fsp3) is 0.886. The van der Waals surface area contributed by atoms with Crippen molar-refractivity contribution in [1.82, 2.24) is 25.8 Å². The van der Waals surface area contributed by atoms with Gasteiger partial charge in [-0.25, -0.2) is 4.79 Å². The number of carbonyl (C=O) groups is 4. The summed E-state index contributed by atoms with van der Waals surface area (Å²) in [6, 6.07) is -1.16. The Morgan fingerprint density at radius 3 is 2.34 bits per heavy atom. The highest BCUT2D eigenvalue weighted by Crippen LogP contribution is 2.37. The van der Waals surface area contributed by atoms with Crippen molar-refractivity contribution in [3.8, 4) is 0 Å². The lowest BCUT2D eigenvalue weighted by molar-refractivity contribution is -0.296. The normalized spacial score (nSPS) is 40.7. The van der Waals surface area contributed by atoms with Crippen molar-refractivity contribution in [3.05, 3.63) is 0 Å². The molecule has 50 heavy (non-hydrogen) atoms. The highest BCUT2D eigenvalue weighted by molar-refractivity contribution is 6.00. The second kappa shape index (κ2) is 17.4. The molecule has 0 radical (unpaired) electrons. The summed E-state index contributed by atoms with van der Waals surface area (Å²) in [6.07, 6.45) is -3.94. The van der Waals surface area contributed by atoms with Crippen molar-refractivity contribution in [2.75, 3.05) is 54.9 Å². The van der Waals surface area contributed by atoms with E-state index in [0.29, 0.717) is 25.8 Å². The predicted molar refractivity (Wildman–Crippen MR) is 185 cm³/mol. The van der Waals surface area contributed by atoms with Gasteiger partial charge in [0.25, 0.3) is 0 Å². The summed E-state index contributed by atoms with van der Waals surface area (Å²) in [7, 11) is 8.87. The van der Waals surface area contributed by atoms with E-state index < -0.39 is 77.6 Å². The Labute approximate surface area is 297 Å². The van der Waals surface area contributed by atoms with E-state index in [1.165, 1.54) is 6.92 Å². The second-order valence-electron chi connectivity index (χ2n) is 15.4. The lowest BCUT2D eigenvalue weighted by Crippen LogP contribution is -2.60. The largest absolute Gasteiger partial charge is 0.458 e. The van der Waals surface area contributed by atoms with Crippen LogP contribution < -0.4 is 16.0 Å². The van der Waals surface area contributed by atoms with E-state index in [-0.39, 0.29) is 37.0 Å². The first-order valence-electron chi connectivity index (χ1n) is 17.9. The van der Waals surface area contributed by atoms with Crippen LogP contribution in [0.3, 0.4) is 0 Å². The Balaban J connectivity index is 1.99. The maximum absolute atomic E-state index is 14.2. The Bertz CT molecular complexity index is 1190. The van der Waals surface area contributed by atoms with Crippen LogP contribution in [0, 0.1) is 17.8 Å². The highest BCUT2D eigenvalue weighted by atomic mass is 16.7. The van der Waals surface area contributed by atoms with Gasteiger partial charge in [-0.3, -0.25) is 14.4 Å². The van der Waals surface area contributed by atoms with Crippen molar-refractivity contribution in [1.29, 1.82) is 0 Å². The minimum Gasteiger partial charge on any atom is -0.458 e. The van der Waals surface area contributed by atoms with Gasteiger partial charge in [0, 0.05) is 31.7 Å². The van der Waals surface area contributed by atoms with Gasteiger partial charge >= 0.3 is 12.1 Å². The monoisotopic (exact) mass is 713 g/mol. The number of hydrogen-bond acceptors (Lipinski definition) is 13. The molecule has 0 aromatic carbocycles. The Kier molecular flexibility index (Phi) is 14.6. The van der Waals surface area contributed by atoms with E-state index in [9.17, 15) is 24.3 Å². The number of Topliss-reactive ketones (excluding diaryl/α,β-unsaturated/α-hetero) is 1. The number of hydrogen-bond donors (Lipinski definition) is 4. The van der Waals surface area contributed by atoms with Crippen LogP contribution in [-0.2, 0) is 38.1 Å². The third-order valence-electron chi connectivity index (χ3n) is 10.7. The highest BCUT2D eigenvalue weighted by Gasteiger charge is 2.55. The molecule has 0 saturated carbocycles. The number of alkyl carbamates (subject to hydrolysis) is 1. The van der Waals surface area contributed by atoms with E-state index in [1.807, 2.05) is 46.7 Å². The van der Waals surface area contributed by atoms with Crippen LogP contribution in [0.2, 0.25) is 0 Å². The van der Waals surface area contributed by atoms with Gasteiger partial charge in [-0.1, -0.05) is 20.8 Å². The smallest absolute Gasteiger partial charge is 0.408 e. The van der Waals surface area contributed by atoms with Crippen molar-refractivity contribution < 1.29 is 48.0 Å². The first kappa shape index (κ1) is 42.0. The fourth-order valence-corrected chi connectivity index (χ4v) is 7.72. The van der Waals surface area contributed by atoms with E-state index in [1.54, 1.807) is 40.0 Å².